The van der Waals surface area contributed by atoms with Gasteiger partial charge in [-0.15, -0.1) is 0 Å². The quantitative estimate of drug-likeness (QED) is 0.0261. The fourth-order valence-electron chi connectivity index (χ4n) is 9.18. The Morgan fingerprint density at radius 1 is 0.286 bits per heavy atom. The van der Waals surface area contributed by atoms with Gasteiger partial charge in [0.05, 0.1) is 0 Å². The Morgan fingerprint density at radius 2 is 0.543 bits per heavy atom. The van der Waals surface area contributed by atoms with E-state index in [4.69, 9.17) is 14.2 Å². The third-order valence-corrected chi connectivity index (χ3v) is 13.8. The summed E-state index contributed by atoms with van der Waals surface area (Å²) in [6, 6.07) is 0. The van der Waals surface area contributed by atoms with E-state index in [1.54, 1.807) is 0 Å². The molecule has 0 radical (unpaired) electrons. The van der Waals surface area contributed by atoms with Crippen molar-refractivity contribution in [2.45, 2.75) is 341 Å². The molecule has 0 fully saturated rings. The molecule has 0 aromatic rings. The first kappa shape index (κ1) is 67.6. The van der Waals surface area contributed by atoms with Gasteiger partial charge in [-0.1, -0.05) is 282 Å². The molecule has 0 N–H and O–H groups in total. The summed E-state index contributed by atoms with van der Waals surface area (Å²) in [5.41, 5.74) is 0. The van der Waals surface area contributed by atoms with Gasteiger partial charge in [0.25, 0.3) is 0 Å². The van der Waals surface area contributed by atoms with Crippen LogP contribution in [0, 0.1) is 0 Å². The molecule has 0 spiro atoms. The van der Waals surface area contributed by atoms with E-state index in [1.165, 1.54) is 218 Å². The second-order valence-electron chi connectivity index (χ2n) is 21.0. The van der Waals surface area contributed by atoms with Gasteiger partial charge in [-0.2, -0.15) is 0 Å². The molecule has 0 aliphatic carbocycles. The van der Waals surface area contributed by atoms with Gasteiger partial charge in [0.15, 0.2) is 6.10 Å². The summed E-state index contributed by atoms with van der Waals surface area (Å²) < 4.78 is 16.9. The number of carbonyl (C=O) groups is 3. The van der Waals surface area contributed by atoms with Crippen LogP contribution in [0.1, 0.15) is 335 Å². The van der Waals surface area contributed by atoms with Crippen molar-refractivity contribution in [3.8, 4) is 0 Å². The van der Waals surface area contributed by atoms with E-state index in [0.29, 0.717) is 19.3 Å². The fraction of sp³-hybridized carbons (Fsp3) is 0.859. The first-order valence-corrected chi connectivity index (χ1v) is 31.0. The van der Waals surface area contributed by atoms with Gasteiger partial charge in [0, 0.05) is 19.3 Å². The second kappa shape index (κ2) is 59.2. The number of hydrogen-bond donors (Lipinski definition) is 0. The van der Waals surface area contributed by atoms with Crippen molar-refractivity contribution >= 4 is 17.9 Å². The van der Waals surface area contributed by atoms with E-state index in [0.717, 1.165) is 77.0 Å². The average Bonchev–Trinajstić information content (AvgIpc) is 3.36. The van der Waals surface area contributed by atoms with E-state index in [2.05, 4.69) is 57.2 Å². The Morgan fingerprint density at radius 3 is 0.886 bits per heavy atom. The molecule has 0 rings (SSSR count). The van der Waals surface area contributed by atoms with Gasteiger partial charge in [0.2, 0.25) is 0 Å². The zero-order chi connectivity index (χ0) is 50.7. The number of allylic oxidation sites excluding steroid dienone is 6. The number of carbonyl (C=O) groups excluding carboxylic acids is 3. The SMILES string of the molecule is CCC/C=C\CCCCCCCC(=O)OCC(COC(=O)CCCCCCCCCCCCCCCCCCCCCCCCC)OC(=O)CCCCCCCCCCC/C=C\C/C=C\CCCCC. The maximum Gasteiger partial charge on any atom is 0.306 e. The van der Waals surface area contributed by atoms with Crippen molar-refractivity contribution in [2.75, 3.05) is 13.2 Å². The minimum Gasteiger partial charge on any atom is -0.462 e. The second-order valence-corrected chi connectivity index (χ2v) is 21.0. The van der Waals surface area contributed by atoms with Crippen LogP contribution in [0.3, 0.4) is 0 Å². The number of rotatable bonds is 57. The molecule has 6 heteroatoms. The summed E-state index contributed by atoms with van der Waals surface area (Å²) in [5.74, 6) is -0.869. The maximum atomic E-state index is 12.9. The zero-order valence-electron chi connectivity index (χ0n) is 47.1. The summed E-state index contributed by atoms with van der Waals surface area (Å²) in [5, 5.41) is 0. The fourth-order valence-corrected chi connectivity index (χ4v) is 9.18. The predicted octanol–water partition coefficient (Wildman–Crippen LogP) is 20.8. The topological polar surface area (TPSA) is 78.9 Å². The molecule has 0 saturated carbocycles. The highest BCUT2D eigenvalue weighted by Gasteiger charge is 2.19. The summed E-state index contributed by atoms with van der Waals surface area (Å²) in [6.45, 7) is 6.60. The van der Waals surface area contributed by atoms with Crippen molar-refractivity contribution in [3.63, 3.8) is 0 Å². The molecule has 1 unspecified atom stereocenters. The summed E-state index contributed by atoms with van der Waals surface area (Å²) in [7, 11) is 0. The minimum absolute atomic E-state index is 0.0727. The molecule has 0 aliphatic rings. The van der Waals surface area contributed by atoms with E-state index in [9.17, 15) is 14.4 Å². The molecule has 0 aromatic heterocycles. The number of esters is 3. The monoisotopic (exact) mass is 983 g/mol. The molecule has 0 bridgehead atoms. The highest BCUT2D eigenvalue weighted by Crippen LogP contribution is 2.17. The standard InChI is InChI=1S/C64H118O6/c1-4-7-10-13-16-19-22-24-26-28-30-31-32-33-35-36-38-40-42-45-48-51-54-57-63(66)69-60-61(59-68-62(65)56-53-50-47-44-21-18-15-12-9-6-3)70-64(67)58-55-52-49-46-43-41-39-37-34-29-27-25-23-20-17-14-11-8-5-2/h12,15,17,20,25,27,61H,4-11,13-14,16,18-19,21-24,26,28-60H2,1-3H3/b15-12-,20-17-,27-25-. The molecule has 0 saturated heterocycles. The Hall–Kier alpha value is -2.37. The first-order chi connectivity index (χ1) is 34.5. The maximum absolute atomic E-state index is 12.9. The number of ether oxygens (including phenoxy) is 3. The predicted molar refractivity (Wildman–Crippen MR) is 302 cm³/mol. The largest absolute Gasteiger partial charge is 0.462 e. The Bertz CT molecular complexity index is 1170. The van der Waals surface area contributed by atoms with E-state index < -0.39 is 6.10 Å². The molecular formula is C64H118O6. The lowest BCUT2D eigenvalue weighted by atomic mass is 10.0. The molecule has 0 aromatic carbocycles. The summed E-state index contributed by atoms with van der Waals surface area (Å²) in [6.07, 6.45) is 71.6. The van der Waals surface area contributed by atoms with Crippen LogP contribution in [0.15, 0.2) is 36.5 Å². The van der Waals surface area contributed by atoms with Gasteiger partial charge >= 0.3 is 17.9 Å². The normalized spacial score (nSPS) is 12.2. The smallest absolute Gasteiger partial charge is 0.306 e. The Kier molecular flexibility index (Phi) is 57.2. The van der Waals surface area contributed by atoms with Crippen molar-refractivity contribution in [2.24, 2.45) is 0 Å². The van der Waals surface area contributed by atoms with Crippen LogP contribution in [-0.4, -0.2) is 37.2 Å². The molecule has 1 atom stereocenters. The van der Waals surface area contributed by atoms with Crippen molar-refractivity contribution in [3.05, 3.63) is 36.5 Å². The van der Waals surface area contributed by atoms with Gasteiger partial charge in [-0.05, 0) is 70.6 Å². The van der Waals surface area contributed by atoms with Crippen LogP contribution < -0.4 is 0 Å². The van der Waals surface area contributed by atoms with Crippen LogP contribution >= 0.6 is 0 Å². The molecular weight excluding hydrogens is 865 g/mol. The van der Waals surface area contributed by atoms with Gasteiger partial charge < -0.3 is 14.2 Å². The van der Waals surface area contributed by atoms with Crippen LogP contribution in [0.2, 0.25) is 0 Å². The zero-order valence-corrected chi connectivity index (χ0v) is 47.1. The summed E-state index contributed by atoms with van der Waals surface area (Å²) >= 11 is 0. The van der Waals surface area contributed by atoms with E-state index >= 15 is 0 Å². The van der Waals surface area contributed by atoms with Gasteiger partial charge in [0.1, 0.15) is 13.2 Å². The Balaban J connectivity index is 4.21. The van der Waals surface area contributed by atoms with Crippen LogP contribution in [0.4, 0.5) is 0 Å². The average molecular weight is 984 g/mol. The van der Waals surface area contributed by atoms with E-state index in [1.807, 2.05) is 0 Å². The molecule has 0 aliphatic heterocycles. The number of unbranched alkanes of at least 4 members (excludes halogenated alkanes) is 40. The number of hydrogen-bond acceptors (Lipinski definition) is 6. The Labute approximate surface area is 435 Å². The van der Waals surface area contributed by atoms with Crippen molar-refractivity contribution in [1.29, 1.82) is 0 Å². The van der Waals surface area contributed by atoms with Crippen LogP contribution in [0.5, 0.6) is 0 Å². The first-order valence-electron chi connectivity index (χ1n) is 31.0. The highest BCUT2D eigenvalue weighted by atomic mass is 16.6. The lowest BCUT2D eigenvalue weighted by Crippen LogP contribution is -2.30. The molecule has 0 heterocycles. The van der Waals surface area contributed by atoms with Crippen molar-refractivity contribution in [1.82, 2.24) is 0 Å². The molecule has 0 amide bonds. The van der Waals surface area contributed by atoms with E-state index in [-0.39, 0.29) is 31.1 Å². The molecule has 6 nitrogen and oxygen atoms in total. The third kappa shape index (κ3) is 56.5. The van der Waals surface area contributed by atoms with Crippen LogP contribution in [-0.2, 0) is 28.6 Å². The van der Waals surface area contributed by atoms with Crippen LogP contribution in [0.25, 0.3) is 0 Å². The lowest BCUT2D eigenvalue weighted by Gasteiger charge is -2.18. The lowest BCUT2D eigenvalue weighted by molar-refractivity contribution is -0.167. The highest BCUT2D eigenvalue weighted by molar-refractivity contribution is 5.71. The third-order valence-electron chi connectivity index (χ3n) is 13.8. The van der Waals surface area contributed by atoms with Gasteiger partial charge in [-0.25, -0.2) is 0 Å². The van der Waals surface area contributed by atoms with Gasteiger partial charge in [-0.3, -0.25) is 14.4 Å². The molecule has 410 valence electrons. The minimum atomic E-state index is -0.775. The molecule has 70 heavy (non-hydrogen) atoms. The van der Waals surface area contributed by atoms with Crippen molar-refractivity contribution < 1.29 is 28.6 Å². The summed E-state index contributed by atoms with van der Waals surface area (Å²) in [4.78, 5) is 38.2.